The summed E-state index contributed by atoms with van der Waals surface area (Å²) in [5.74, 6) is 1.80. The van der Waals surface area contributed by atoms with E-state index in [1.807, 2.05) is 28.0 Å². The number of para-hydroxylation sites is 1. The predicted molar refractivity (Wildman–Crippen MR) is 177 cm³/mol. The summed E-state index contributed by atoms with van der Waals surface area (Å²) in [6, 6.07) is 11.2. The molecule has 250 valence electrons. The predicted octanol–water partition coefficient (Wildman–Crippen LogP) is 3.34. The molecule has 3 aliphatic rings. The molecule has 11 heteroatoms. The number of rotatable bonds is 5. The number of methoxy groups -OCH3 is 2. The van der Waals surface area contributed by atoms with E-state index >= 15 is 0 Å². The van der Waals surface area contributed by atoms with Gasteiger partial charge in [0.15, 0.2) is 11.5 Å². The lowest BCUT2D eigenvalue weighted by Gasteiger charge is -2.51. The number of likely N-dealkylation sites (tertiary alicyclic amines) is 1. The van der Waals surface area contributed by atoms with E-state index in [1.54, 1.807) is 26.4 Å². The van der Waals surface area contributed by atoms with Crippen molar-refractivity contribution < 1.29 is 23.9 Å². The summed E-state index contributed by atoms with van der Waals surface area (Å²) >= 11 is 0. The Morgan fingerprint density at radius 3 is 2.66 bits per heavy atom. The van der Waals surface area contributed by atoms with Crippen molar-refractivity contribution in [2.45, 2.75) is 70.4 Å². The van der Waals surface area contributed by atoms with E-state index in [1.165, 1.54) is 10.9 Å². The van der Waals surface area contributed by atoms with Crippen LogP contribution >= 0.6 is 0 Å². The molecule has 11 nitrogen and oxygen atoms in total. The maximum Gasteiger partial charge on any atom is 0.261 e. The van der Waals surface area contributed by atoms with Gasteiger partial charge < -0.3 is 24.6 Å². The molecule has 6 rings (SSSR count). The summed E-state index contributed by atoms with van der Waals surface area (Å²) in [5.41, 5.74) is 2.52. The van der Waals surface area contributed by atoms with E-state index in [9.17, 15) is 19.2 Å². The molecule has 4 heterocycles. The molecule has 0 spiro atoms. The van der Waals surface area contributed by atoms with Crippen molar-refractivity contribution in [2.24, 2.45) is 11.8 Å². The third kappa shape index (κ3) is 7.29. The van der Waals surface area contributed by atoms with Gasteiger partial charge in [0.1, 0.15) is 0 Å². The molecule has 3 amide bonds. The first kappa shape index (κ1) is 32.5. The molecule has 2 aromatic carbocycles. The maximum atomic E-state index is 13.9. The van der Waals surface area contributed by atoms with Gasteiger partial charge in [0.05, 0.1) is 31.4 Å². The van der Waals surface area contributed by atoms with Crippen LogP contribution in [-0.4, -0.2) is 83.5 Å². The van der Waals surface area contributed by atoms with Crippen LogP contribution in [0.15, 0.2) is 47.5 Å². The molecule has 0 unspecified atom stereocenters. The van der Waals surface area contributed by atoms with Gasteiger partial charge in [-0.3, -0.25) is 23.7 Å². The number of aromatic nitrogens is 2. The van der Waals surface area contributed by atoms with Crippen molar-refractivity contribution >= 4 is 28.6 Å². The zero-order valence-electron chi connectivity index (χ0n) is 27.4. The third-order valence-corrected chi connectivity index (χ3v) is 10.0. The van der Waals surface area contributed by atoms with Crippen molar-refractivity contribution in [1.82, 2.24) is 24.7 Å². The summed E-state index contributed by atoms with van der Waals surface area (Å²) in [5, 5.41) is 3.59. The Morgan fingerprint density at radius 2 is 1.83 bits per heavy atom. The number of hydrogen-bond acceptors (Lipinski definition) is 7. The SMILES string of the molecule is COc1cc2cc(c1OC)CCCNC(=O)CCC[C@H]1[C@H]3C[C@@H](CN(C(=O)CCn4cnc5ccccc5c4=O)C3)CN1C(=O)CC2. The quantitative estimate of drug-likeness (QED) is 0.453. The number of nitrogens with one attached hydrogen (secondary N) is 1. The first-order chi connectivity index (χ1) is 22.8. The van der Waals surface area contributed by atoms with Crippen LogP contribution in [0.5, 0.6) is 11.5 Å². The van der Waals surface area contributed by atoms with Gasteiger partial charge in [-0.15, -0.1) is 0 Å². The normalized spacial score (nSPS) is 22.4. The number of ether oxygens (including phenoxy) is 2. The van der Waals surface area contributed by atoms with Crippen LogP contribution in [0.3, 0.4) is 0 Å². The molecular formula is C36H45N5O6. The third-order valence-electron chi connectivity index (χ3n) is 10.0. The Bertz CT molecular complexity index is 1690. The molecule has 0 aliphatic carbocycles. The number of hydrogen-bond donors (Lipinski definition) is 1. The molecule has 0 radical (unpaired) electrons. The van der Waals surface area contributed by atoms with Crippen LogP contribution in [0.1, 0.15) is 56.1 Å². The Balaban J connectivity index is 1.16. The Kier molecular flexibility index (Phi) is 10.1. The lowest BCUT2D eigenvalue weighted by atomic mass is 9.77. The number of aryl methyl sites for hydroxylation is 3. The fourth-order valence-corrected chi connectivity index (χ4v) is 7.75. The maximum absolute atomic E-state index is 13.9. The van der Waals surface area contributed by atoms with Crippen molar-refractivity contribution in [3.05, 3.63) is 64.2 Å². The van der Waals surface area contributed by atoms with Gasteiger partial charge in [0.2, 0.25) is 17.7 Å². The number of carbonyl (C=O) groups is 3. The Hall–Kier alpha value is -4.41. The van der Waals surface area contributed by atoms with Gasteiger partial charge in [-0.05, 0) is 79.7 Å². The Morgan fingerprint density at radius 1 is 0.979 bits per heavy atom. The fraction of sp³-hybridized carbons (Fsp3) is 0.528. The number of carbonyl (C=O) groups excluding carboxylic acids is 3. The van der Waals surface area contributed by atoms with E-state index in [-0.39, 0.29) is 54.1 Å². The second kappa shape index (κ2) is 14.6. The molecule has 2 saturated heterocycles. The highest BCUT2D eigenvalue weighted by Crippen LogP contribution is 2.37. The monoisotopic (exact) mass is 643 g/mol. The van der Waals surface area contributed by atoms with E-state index in [0.29, 0.717) is 74.3 Å². The molecule has 3 atom stereocenters. The van der Waals surface area contributed by atoms with Crippen LogP contribution in [0, 0.1) is 11.8 Å². The molecular weight excluding hydrogens is 598 g/mol. The lowest BCUT2D eigenvalue weighted by molar-refractivity contribution is -0.145. The Labute approximate surface area is 275 Å². The molecule has 3 aromatic rings. The number of fused-ring (bicyclic) bond motifs is 7. The highest BCUT2D eigenvalue weighted by molar-refractivity contribution is 5.79. The van der Waals surface area contributed by atoms with Gasteiger partial charge in [-0.25, -0.2) is 4.98 Å². The van der Waals surface area contributed by atoms with Crippen LogP contribution in [0.2, 0.25) is 0 Å². The molecule has 47 heavy (non-hydrogen) atoms. The standard InChI is InChI=1S/C36H45N5O6/c1-46-31-19-24-12-13-34(44)41-21-25-18-27(30(41)10-5-11-32(42)37-15-6-7-26(17-24)35(31)47-2)22-40(20-25)33(43)14-16-39-23-38-29-9-4-3-8-28(29)36(39)45/h3-4,8-9,17,19,23,25,27,30H,5-7,10-16,18,20-22H2,1-2H3,(H,37,42)/t25-,27-,30-/m0/s1. The molecule has 4 bridgehead atoms. The summed E-state index contributed by atoms with van der Waals surface area (Å²) in [4.78, 5) is 61.4. The summed E-state index contributed by atoms with van der Waals surface area (Å²) in [6.07, 6.45) is 6.94. The first-order valence-electron chi connectivity index (χ1n) is 16.9. The van der Waals surface area contributed by atoms with Gasteiger partial charge >= 0.3 is 0 Å². The van der Waals surface area contributed by atoms with Crippen LogP contribution < -0.4 is 20.3 Å². The zero-order chi connectivity index (χ0) is 32.9. The van der Waals surface area contributed by atoms with Crippen LogP contribution in [0.4, 0.5) is 0 Å². The molecule has 2 fully saturated rings. The van der Waals surface area contributed by atoms with Crippen LogP contribution in [0.25, 0.3) is 10.9 Å². The molecule has 1 aromatic heterocycles. The average molecular weight is 644 g/mol. The van der Waals surface area contributed by atoms with Gasteiger partial charge in [0.25, 0.3) is 5.56 Å². The van der Waals surface area contributed by atoms with Crippen molar-refractivity contribution in [1.29, 1.82) is 0 Å². The molecule has 3 aliphatic heterocycles. The highest BCUT2D eigenvalue weighted by Gasteiger charge is 2.43. The fourth-order valence-electron chi connectivity index (χ4n) is 7.75. The van der Waals surface area contributed by atoms with Crippen molar-refractivity contribution in [3.63, 3.8) is 0 Å². The smallest absolute Gasteiger partial charge is 0.261 e. The van der Waals surface area contributed by atoms with Gasteiger partial charge in [0, 0.05) is 58.0 Å². The zero-order valence-corrected chi connectivity index (χ0v) is 27.4. The van der Waals surface area contributed by atoms with E-state index in [4.69, 9.17) is 9.47 Å². The number of nitrogens with zero attached hydrogens (tertiary/aromatic N) is 4. The van der Waals surface area contributed by atoms with Crippen LogP contribution in [-0.2, 0) is 33.8 Å². The average Bonchev–Trinajstić information content (AvgIpc) is 3.08. The second-order valence-electron chi connectivity index (χ2n) is 13.1. The van der Waals surface area contributed by atoms with Crippen molar-refractivity contribution in [3.8, 4) is 11.5 Å². The van der Waals surface area contributed by atoms with Gasteiger partial charge in [-0.1, -0.05) is 18.2 Å². The minimum absolute atomic E-state index is 0.0105. The summed E-state index contributed by atoms with van der Waals surface area (Å²) in [6.45, 7) is 2.60. The number of amides is 3. The topological polar surface area (TPSA) is 123 Å². The number of piperidine rings is 2. The molecule has 1 N–H and O–H groups in total. The lowest BCUT2D eigenvalue weighted by Crippen LogP contribution is -2.60. The van der Waals surface area contributed by atoms with Crippen molar-refractivity contribution in [2.75, 3.05) is 40.4 Å². The van der Waals surface area contributed by atoms with E-state index in [2.05, 4.69) is 16.4 Å². The highest BCUT2D eigenvalue weighted by atomic mass is 16.5. The minimum atomic E-state index is -0.146. The largest absolute Gasteiger partial charge is 0.493 e. The van der Waals surface area contributed by atoms with E-state index < -0.39 is 0 Å². The number of benzene rings is 2. The first-order valence-corrected chi connectivity index (χ1v) is 16.9. The molecule has 0 saturated carbocycles. The van der Waals surface area contributed by atoms with E-state index in [0.717, 1.165) is 36.8 Å². The summed E-state index contributed by atoms with van der Waals surface area (Å²) < 4.78 is 12.8. The minimum Gasteiger partial charge on any atom is -0.493 e. The second-order valence-corrected chi connectivity index (χ2v) is 13.1. The van der Waals surface area contributed by atoms with Gasteiger partial charge in [-0.2, -0.15) is 0 Å². The summed E-state index contributed by atoms with van der Waals surface area (Å²) in [7, 11) is 3.25.